The Hall–Kier alpha value is -4.05. The molecule has 0 spiro atoms. The number of carbonyl (C=O) groups is 1. The number of halogens is 6. The number of aliphatic hydroxyl groups excluding tert-OH is 1. The SMILES string of the molecule is CN1CC(O)Cc2c(NC(=O)/C=C/C=C(c3ccc(C(F)(F)F)cc3)c3ccc(C(F)(F)F)cc3)cccc21. The second kappa shape index (κ2) is 11.0. The summed E-state index contributed by atoms with van der Waals surface area (Å²) in [6, 6.07) is 13.8. The highest BCUT2D eigenvalue weighted by Crippen LogP contribution is 2.34. The zero-order chi connectivity index (χ0) is 28.4. The van der Waals surface area contributed by atoms with Crippen LogP contribution >= 0.6 is 0 Å². The van der Waals surface area contributed by atoms with Gasteiger partial charge in [0, 0.05) is 43.0 Å². The lowest BCUT2D eigenvalue weighted by atomic mass is 9.95. The van der Waals surface area contributed by atoms with Crippen LogP contribution in [0.5, 0.6) is 0 Å². The van der Waals surface area contributed by atoms with Crippen molar-refractivity contribution >= 4 is 22.9 Å². The molecule has 1 amide bonds. The monoisotopic (exact) mass is 546 g/mol. The summed E-state index contributed by atoms with van der Waals surface area (Å²) in [5.74, 6) is -0.499. The highest BCUT2D eigenvalue weighted by molar-refractivity contribution is 6.01. The molecule has 0 saturated carbocycles. The van der Waals surface area contributed by atoms with Crippen LogP contribution in [-0.4, -0.2) is 30.7 Å². The largest absolute Gasteiger partial charge is 0.416 e. The first-order valence-electron chi connectivity index (χ1n) is 11.9. The van der Waals surface area contributed by atoms with E-state index in [0.29, 0.717) is 35.4 Å². The van der Waals surface area contributed by atoms with E-state index in [9.17, 15) is 36.2 Å². The molecule has 204 valence electrons. The van der Waals surface area contributed by atoms with Gasteiger partial charge in [-0.1, -0.05) is 42.5 Å². The molecule has 3 aromatic carbocycles. The predicted octanol–water partition coefficient (Wildman–Crippen LogP) is 6.70. The molecular formula is C29H24F6N2O2. The minimum Gasteiger partial charge on any atom is -0.391 e. The molecule has 1 aliphatic rings. The van der Waals surface area contributed by atoms with Gasteiger partial charge >= 0.3 is 12.4 Å². The summed E-state index contributed by atoms with van der Waals surface area (Å²) < 4.78 is 78.2. The molecule has 0 saturated heterocycles. The van der Waals surface area contributed by atoms with Crippen molar-refractivity contribution in [3.8, 4) is 0 Å². The molecule has 0 fully saturated rings. The fourth-order valence-corrected chi connectivity index (χ4v) is 4.42. The molecule has 1 atom stereocenters. The summed E-state index contributed by atoms with van der Waals surface area (Å²) in [5.41, 5.74) is 1.43. The first-order valence-corrected chi connectivity index (χ1v) is 11.9. The molecule has 2 N–H and O–H groups in total. The zero-order valence-electron chi connectivity index (χ0n) is 20.6. The smallest absolute Gasteiger partial charge is 0.391 e. The second-order valence-electron chi connectivity index (χ2n) is 9.12. The number of carbonyl (C=O) groups excluding carboxylic acids is 1. The summed E-state index contributed by atoms with van der Waals surface area (Å²) in [5, 5.41) is 12.9. The number of likely N-dealkylation sites (N-methyl/N-ethyl adjacent to an activating group) is 1. The van der Waals surface area contributed by atoms with E-state index in [1.807, 2.05) is 18.0 Å². The molecule has 1 aliphatic heterocycles. The van der Waals surface area contributed by atoms with Gasteiger partial charge in [-0.15, -0.1) is 0 Å². The summed E-state index contributed by atoms with van der Waals surface area (Å²) in [6.45, 7) is 0.464. The Morgan fingerprint density at radius 2 is 1.44 bits per heavy atom. The Morgan fingerprint density at radius 1 is 0.897 bits per heavy atom. The number of nitrogens with one attached hydrogen (secondary N) is 1. The number of fused-ring (bicyclic) bond motifs is 1. The number of amides is 1. The standard InChI is InChI=1S/C29H24F6N2O2/c1-37-17-22(38)16-24-25(5-3-6-26(24)37)36-27(39)7-2-4-23(18-8-12-20(13-9-18)28(30,31)32)19-10-14-21(15-11-19)29(33,34)35/h2-15,22,38H,16-17H2,1H3,(H,36,39)/b7-2+. The highest BCUT2D eigenvalue weighted by Gasteiger charge is 2.31. The van der Waals surface area contributed by atoms with E-state index < -0.39 is 35.5 Å². The van der Waals surface area contributed by atoms with E-state index in [1.165, 1.54) is 42.5 Å². The fraction of sp³-hybridized carbons (Fsp3) is 0.207. The van der Waals surface area contributed by atoms with Crippen LogP contribution in [0.2, 0.25) is 0 Å². The summed E-state index contributed by atoms with van der Waals surface area (Å²) in [7, 11) is 1.83. The van der Waals surface area contributed by atoms with E-state index >= 15 is 0 Å². The maximum absolute atomic E-state index is 13.0. The van der Waals surface area contributed by atoms with E-state index in [-0.39, 0.29) is 0 Å². The van der Waals surface area contributed by atoms with Crippen molar-refractivity contribution in [3.63, 3.8) is 0 Å². The van der Waals surface area contributed by atoms with E-state index in [4.69, 9.17) is 0 Å². The van der Waals surface area contributed by atoms with Crippen LogP contribution in [0.3, 0.4) is 0 Å². The van der Waals surface area contributed by atoms with E-state index in [1.54, 1.807) is 12.1 Å². The van der Waals surface area contributed by atoms with Gasteiger partial charge in [-0.25, -0.2) is 0 Å². The Balaban J connectivity index is 1.62. The molecule has 1 unspecified atom stereocenters. The summed E-state index contributed by atoms with van der Waals surface area (Å²) in [4.78, 5) is 14.6. The van der Waals surface area contributed by atoms with Crippen LogP contribution in [0.15, 0.2) is 85.0 Å². The summed E-state index contributed by atoms with van der Waals surface area (Å²) >= 11 is 0. The molecule has 4 nitrogen and oxygen atoms in total. The Morgan fingerprint density at radius 3 is 1.95 bits per heavy atom. The molecule has 0 radical (unpaired) electrons. The van der Waals surface area contributed by atoms with Crippen molar-refractivity contribution in [3.05, 3.63) is 113 Å². The lowest BCUT2D eigenvalue weighted by molar-refractivity contribution is -0.138. The van der Waals surface area contributed by atoms with Crippen molar-refractivity contribution in [2.24, 2.45) is 0 Å². The van der Waals surface area contributed by atoms with Gasteiger partial charge in [0.1, 0.15) is 0 Å². The molecule has 4 rings (SSSR count). The fourth-order valence-electron chi connectivity index (χ4n) is 4.42. The second-order valence-corrected chi connectivity index (χ2v) is 9.12. The lowest BCUT2D eigenvalue weighted by Crippen LogP contribution is -2.36. The van der Waals surface area contributed by atoms with Gasteiger partial charge in [0.05, 0.1) is 17.2 Å². The molecule has 0 bridgehead atoms. The van der Waals surface area contributed by atoms with Crippen LogP contribution in [-0.2, 0) is 23.6 Å². The third-order valence-corrected chi connectivity index (χ3v) is 6.30. The minimum absolute atomic E-state index is 0.321. The Bertz CT molecular complexity index is 1330. The van der Waals surface area contributed by atoms with Crippen molar-refractivity contribution in [1.29, 1.82) is 0 Å². The lowest BCUT2D eigenvalue weighted by Gasteiger charge is -2.32. The molecular weight excluding hydrogens is 522 g/mol. The topological polar surface area (TPSA) is 52.6 Å². The number of rotatable bonds is 5. The molecule has 3 aromatic rings. The number of anilines is 2. The first kappa shape index (κ1) is 28.0. The number of allylic oxidation sites excluding steroid dienone is 2. The van der Waals surface area contributed by atoms with Gasteiger partial charge in [0.25, 0.3) is 0 Å². The van der Waals surface area contributed by atoms with Crippen LogP contribution in [0.4, 0.5) is 37.7 Å². The predicted molar refractivity (Wildman–Crippen MR) is 137 cm³/mol. The van der Waals surface area contributed by atoms with Crippen molar-refractivity contribution in [2.75, 3.05) is 23.8 Å². The number of hydrogen-bond acceptors (Lipinski definition) is 3. The Labute approximate surface area is 220 Å². The number of alkyl halides is 6. The van der Waals surface area contributed by atoms with E-state index in [2.05, 4.69) is 5.32 Å². The third-order valence-electron chi connectivity index (χ3n) is 6.30. The summed E-state index contributed by atoms with van der Waals surface area (Å²) in [6.07, 6.45) is -5.29. The van der Waals surface area contributed by atoms with Gasteiger partial charge in [-0.2, -0.15) is 26.3 Å². The first-order chi connectivity index (χ1) is 18.3. The van der Waals surface area contributed by atoms with Crippen LogP contribution in [0.1, 0.15) is 27.8 Å². The quantitative estimate of drug-likeness (QED) is 0.213. The highest BCUT2D eigenvalue weighted by atomic mass is 19.4. The number of nitrogens with zero attached hydrogens (tertiary/aromatic N) is 1. The number of aliphatic hydroxyl groups is 1. The van der Waals surface area contributed by atoms with Gasteiger partial charge < -0.3 is 15.3 Å². The average Bonchev–Trinajstić information content (AvgIpc) is 2.86. The maximum atomic E-state index is 13.0. The Kier molecular flexibility index (Phi) is 7.87. The number of benzene rings is 3. The average molecular weight is 547 g/mol. The normalized spacial score (nSPS) is 15.7. The molecule has 0 aliphatic carbocycles. The van der Waals surface area contributed by atoms with E-state index in [0.717, 1.165) is 35.5 Å². The third kappa shape index (κ3) is 6.69. The maximum Gasteiger partial charge on any atom is 0.416 e. The van der Waals surface area contributed by atoms with Crippen LogP contribution in [0.25, 0.3) is 5.57 Å². The van der Waals surface area contributed by atoms with Crippen molar-refractivity contribution in [2.45, 2.75) is 24.9 Å². The zero-order valence-corrected chi connectivity index (χ0v) is 20.6. The molecule has 1 heterocycles. The van der Waals surface area contributed by atoms with Gasteiger partial charge in [-0.05, 0) is 53.1 Å². The molecule has 10 heteroatoms. The van der Waals surface area contributed by atoms with Gasteiger partial charge in [0.2, 0.25) is 5.91 Å². The van der Waals surface area contributed by atoms with Crippen LogP contribution in [0, 0.1) is 0 Å². The number of hydrogen-bond donors (Lipinski definition) is 2. The van der Waals surface area contributed by atoms with Crippen molar-refractivity contribution in [1.82, 2.24) is 0 Å². The van der Waals surface area contributed by atoms with Gasteiger partial charge in [0.15, 0.2) is 0 Å². The number of β-amino-alcohol motifs (C(OH)–C–C–N with tert-alkyl or cyclic N) is 1. The van der Waals surface area contributed by atoms with Crippen molar-refractivity contribution < 1.29 is 36.2 Å². The van der Waals surface area contributed by atoms with Gasteiger partial charge in [-0.3, -0.25) is 4.79 Å². The van der Waals surface area contributed by atoms with Crippen LogP contribution < -0.4 is 10.2 Å². The minimum atomic E-state index is -4.55. The molecule has 39 heavy (non-hydrogen) atoms. The molecule has 0 aromatic heterocycles.